The van der Waals surface area contributed by atoms with Gasteiger partial charge in [0.25, 0.3) is 0 Å². The fourth-order valence-corrected chi connectivity index (χ4v) is 12.5. The number of fused-ring (bicyclic) bond motifs is 7. The van der Waals surface area contributed by atoms with Gasteiger partial charge in [-0.05, 0) is 73.1 Å². The quantitative estimate of drug-likeness (QED) is 0.112. The summed E-state index contributed by atoms with van der Waals surface area (Å²) < 4.78 is 85.2. The van der Waals surface area contributed by atoms with E-state index >= 15 is 0 Å². The van der Waals surface area contributed by atoms with E-state index < -0.39 is 32.8 Å². The van der Waals surface area contributed by atoms with Crippen molar-refractivity contribution in [1.82, 2.24) is 24.5 Å². The van der Waals surface area contributed by atoms with Gasteiger partial charge in [-0.1, -0.05) is 68.5 Å². The van der Waals surface area contributed by atoms with E-state index in [4.69, 9.17) is 27.6 Å². The molecule has 0 N–H and O–H groups in total. The Morgan fingerprint density at radius 1 is 0.750 bits per heavy atom. The summed E-state index contributed by atoms with van der Waals surface area (Å²) >= 11 is -2.10. The molecule has 0 amide bonds. The first-order valence-corrected chi connectivity index (χ1v) is 30.1. The molecule has 10 rings (SSSR count). The minimum absolute atomic E-state index is 0. The molecule has 0 bridgehead atoms. The Kier molecular flexibility index (Phi) is 11.6. The van der Waals surface area contributed by atoms with Crippen LogP contribution in [0.3, 0.4) is 0 Å². The number of aryl methyl sites for hydroxylation is 3. The average molecular weight is 1150 g/mol. The number of hydrogen-bond donors (Lipinski definition) is 0. The first-order valence-electron chi connectivity index (χ1n) is 25.8. The van der Waals surface area contributed by atoms with Gasteiger partial charge in [-0.2, -0.15) is 0 Å². The van der Waals surface area contributed by atoms with Crippen molar-refractivity contribution in [3.05, 3.63) is 154 Å². The average Bonchev–Trinajstić information content (AvgIpc) is 3.88. The van der Waals surface area contributed by atoms with Crippen LogP contribution >= 0.6 is 0 Å². The van der Waals surface area contributed by atoms with E-state index in [1.165, 1.54) is 28.2 Å². The van der Waals surface area contributed by atoms with Crippen molar-refractivity contribution in [3.8, 4) is 28.3 Å². The van der Waals surface area contributed by atoms with E-state index in [-0.39, 0.29) is 49.0 Å². The van der Waals surface area contributed by atoms with E-state index in [9.17, 15) is 8.78 Å². The zero-order valence-corrected chi connectivity index (χ0v) is 44.4. The van der Waals surface area contributed by atoms with Gasteiger partial charge in [-0.3, -0.25) is 9.97 Å². The zero-order valence-electron chi connectivity index (χ0n) is 45.9. The Labute approximate surface area is 422 Å². The molecule has 1 radical (unpaired) electrons. The van der Waals surface area contributed by atoms with E-state index in [2.05, 4.69) is 99.6 Å². The molecule has 5 heterocycles. The molecule has 0 saturated heterocycles. The summed E-state index contributed by atoms with van der Waals surface area (Å²) in [5.74, 6) is 7.41. The summed E-state index contributed by atoms with van der Waals surface area (Å²) in [6.45, 7) is 10.4. The maximum absolute atomic E-state index is 14.2. The Balaban J connectivity index is 0.000000238. The van der Waals surface area contributed by atoms with Gasteiger partial charge in [-0.15, -0.1) is 18.2 Å². The third-order valence-corrected chi connectivity index (χ3v) is 16.6. The van der Waals surface area contributed by atoms with E-state index in [1.54, 1.807) is 12.1 Å². The molecule has 6 nitrogen and oxygen atoms in total. The second-order valence-electron chi connectivity index (χ2n) is 19.6. The maximum atomic E-state index is 14.2. The van der Waals surface area contributed by atoms with Gasteiger partial charge >= 0.3 is 140 Å². The fourth-order valence-electron chi connectivity index (χ4n) is 9.17. The van der Waals surface area contributed by atoms with Gasteiger partial charge in [0.1, 0.15) is 5.82 Å². The molecule has 349 valence electrons. The van der Waals surface area contributed by atoms with Crippen molar-refractivity contribution in [1.29, 1.82) is 0 Å². The smallest absolute Gasteiger partial charge is 0.216 e. The van der Waals surface area contributed by atoms with Gasteiger partial charge < -0.3 is 8.98 Å². The molecule has 0 saturated carbocycles. The fraction of sp³-hybridized carbons (Fsp3) is 0.276. The number of aromatic nitrogens is 5. The minimum atomic E-state index is -2.41. The number of imidazole rings is 1. The number of hydrogen-bond acceptors (Lipinski definition) is 5. The van der Waals surface area contributed by atoms with Gasteiger partial charge in [0.15, 0.2) is 0 Å². The van der Waals surface area contributed by atoms with Crippen molar-refractivity contribution >= 4 is 72.6 Å². The summed E-state index contributed by atoms with van der Waals surface area (Å²) in [6, 6.07) is 32.3. The number of rotatable bonds is 8. The predicted octanol–water partition coefficient (Wildman–Crippen LogP) is 15.2. The molecule has 0 aliphatic heterocycles. The van der Waals surface area contributed by atoms with Crippen molar-refractivity contribution < 1.29 is 41.5 Å². The number of benzene rings is 5. The molecular weight excluding hydrogens is 1090 g/mol. The largest absolute Gasteiger partial charge is 0.486 e. The van der Waals surface area contributed by atoms with Gasteiger partial charge in [0, 0.05) is 51.8 Å². The molecule has 5 aromatic carbocycles. The van der Waals surface area contributed by atoms with Crippen LogP contribution in [0.15, 0.2) is 102 Å². The van der Waals surface area contributed by atoms with Crippen molar-refractivity contribution in [2.24, 2.45) is 5.92 Å². The second-order valence-corrected chi connectivity index (χ2v) is 30.2. The monoisotopic (exact) mass is 1150 g/mol. The van der Waals surface area contributed by atoms with Gasteiger partial charge in [0.05, 0.1) is 33.5 Å². The van der Waals surface area contributed by atoms with Crippen LogP contribution in [0.1, 0.15) is 95.1 Å². The van der Waals surface area contributed by atoms with Crippen LogP contribution in [0.2, 0.25) is 17.3 Å². The number of pyridine rings is 3. The molecule has 10 heteroatoms. The van der Waals surface area contributed by atoms with Crippen LogP contribution < -0.4 is 4.40 Å². The Morgan fingerprint density at radius 2 is 1.49 bits per heavy atom. The van der Waals surface area contributed by atoms with Crippen LogP contribution in [-0.2, 0) is 26.5 Å². The molecule has 0 atom stereocenters. The first kappa shape index (κ1) is 41.4. The SMILES string of the molecule is [2H]C([2H])([2H])c1cc(F)c[c-]c1-c1cc(CC(C)C)[c]([Ge]([CH3])([CH3])[CH3])cn1.[2H]C([2H])([2H])c1ccc2ccc3nc(-c4[c-]ccc5c4oc4nc6ccc(F)cc6cc45)n(-c4c(C(C)C)cc(C)cc4C(C)C)c3c2n1.[Ir]. The topological polar surface area (TPSA) is 69.6 Å². The zero-order chi connectivity index (χ0) is 52.6. The molecule has 0 fully saturated rings. The Hall–Kier alpha value is -5.61. The summed E-state index contributed by atoms with van der Waals surface area (Å²) in [7, 11) is 0. The van der Waals surface area contributed by atoms with Gasteiger partial charge in [0.2, 0.25) is 5.71 Å². The molecule has 0 aliphatic carbocycles. The van der Waals surface area contributed by atoms with Gasteiger partial charge in [-0.25, -0.2) is 9.37 Å². The van der Waals surface area contributed by atoms with Crippen LogP contribution in [0.25, 0.3) is 83.2 Å². The number of nitrogens with zero attached hydrogens (tertiary/aromatic N) is 5. The molecule has 10 aromatic rings. The molecule has 0 unspecified atom stereocenters. The summed E-state index contributed by atoms with van der Waals surface area (Å²) in [4.78, 5) is 19.3. The van der Waals surface area contributed by atoms with Crippen molar-refractivity contribution in [2.75, 3.05) is 0 Å². The number of furan rings is 1. The summed E-state index contributed by atoms with van der Waals surface area (Å²) in [6.07, 6.45) is 2.81. The third kappa shape index (κ3) is 9.29. The predicted molar refractivity (Wildman–Crippen MR) is 276 cm³/mol. The molecule has 5 aromatic heterocycles. The molecular formula is C58H57F2GeIrN5O-2. The maximum Gasteiger partial charge on any atom is 0.216 e. The first-order chi connectivity index (χ1) is 34.3. The van der Waals surface area contributed by atoms with E-state index in [0.29, 0.717) is 67.3 Å². The molecule has 0 aliphatic rings. The number of halogens is 2. The second kappa shape index (κ2) is 19.1. The Morgan fingerprint density at radius 3 is 2.18 bits per heavy atom. The minimum Gasteiger partial charge on any atom is -0.486 e. The third-order valence-electron chi connectivity index (χ3n) is 12.2. The van der Waals surface area contributed by atoms with Crippen molar-refractivity contribution in [2.45, 2.75) is 97.7 Å². The van der Waals surface area contributed by atoms with E-state index in [1.807, 2.05) is 48.7 Å². The van der Waals surface area contributed by atoms with Crippen LogP contribution in [0.4, 0.5) is 8.78 Å². The molecule has 68 heavy (non-hydrogen) atoms. The van der Waals surface area contributed by atoms with E-state index in [0.717, 1.165) is 51.0 Å². The summed E-state index contributed by atoms with van der Waals surface area (Å²) in [5, 5.41) is 3.05. The standard InChI is InChI=1S/C39H32FN4O.C19H25FGeN.Ir/c1-20(2)29-16-22(5)17-30(21(3)4)35(29)44-36-33(14-12-24-11-10-23(6)41-34(24)36)42-38(44)28-9-7-8-27-31-19-25-18-26(40)13-15-32(25)43-39(31)45-37(27)28;1-13(2)9-15-11-19(22-12-18(15)21(4,5)6)17-8-7-16(20)10-14(17)3;/h7-8,10-21H,1-6H3;7,10-13H,9H2,1-6H3;/q2*-1;/i6D3;3D3;. The van der Waals surface area contributed by atoms with Crippen LogP contribution in [0, 0.1) is 50.3 Å². The van der Waals surface area contributed by atoms with Crippen LogP contribution in [0.5, 0.6) is 0 Å². The molecule has 0 spiro atoms. The normalized spacial score (nSPS) is 13.7. The van der Waals surface area contributed by atoms with Crippen molar-refractivity contribution in [3.63, 3.8) is 0 Å². The summed E-state index contributed by atoms with van der Waals surface area (Å²) in [5.41, 5.74) is 10.7. The van der Waals surface area contributed by atoms with Crippen LogP contribution in [-0.4, -0.2) is 37.8 Å². The Bertz CT molecular complexity index is 3760.